The molecule has 5 N–H and O–H groups in total. The van der Waals surface area contributed by atoms with Crippen molar-refractivity contribution >= 4 is 5.91 Å². The molecule has 5 heteroatoms. The molecule has 1 amide bonds. The van der Waals surface area contributed by atoms with Gasteiger partial charge in [-0.05, 0) is 12.3 Å². The minimum atomic E-state index is -1.01. The van der Waals surface area contributed by atoms with Crippen molar-refractivity contribution in [3.8, 4) is 0 Å². The third-order valence-electron chi connectivity index (χ3n) is 2.34. The summed E-state index contributed by atoms with van der Waals surface area (Å²) in [4.78, 5) is 11.7. The van der Waals surface area contributed by atoms with E-state index in [4.69, 9.17) is 15.9 Å². The van der Waals surface area contributed by atoms with E-state index in [1.807, 2.05) is 20.8 Å². The van der Waals surface area contributed by atoms with Gasteiger partial charge >= 0.3 is 0 Å². The van der Waals surface area contributed by atoms with Crippen LogP contribution >= 0.6 is 0 Å². The van der Waals surface area contributed by atoms with Crippen LogP contribution in [-0.4, -0.2) is 40.9 Å². The molecule has 0 aliphatic rings. The zero-order chi connectivity index (χ0) is 12.3. The number of nitrogens with one attached hydrogen (secondary N) is 1. The highest BCUT2D eigenvalue weighted by atomic mass is 16.3. The molecule has 0 aromatic rings. The van der Waals surface area contributed by atoms with Crippen molar-refractivity contribution in [2.24, 2.45) is 11.1 Å². The average molecular weight is 218 g/mol. The van der Waals surface area contributed by atoms with E-state index in [0.717, 1.165) is 0 Å². The van der Waals surface area contributed by atoms with Gasteiger partial charge in [-0.2, -0.15) is 0 Å². The molecular formula is C10H22N2O3. The number of hydrogen-bond acceptors (Lipinski definition) is 4. The SMILES string of the molecule is CC(CO)(CO)NC(=O)C(N)C(C)(C)C. The van der Waals surface area contributed by atoms with Crippen LogP contribution in [0.15, 0.2) is 0 Å². The third kappa shape index (κ3) is 4.15. The first-order valence-electron chi connectivity index (χ1n) is 4.95. The van der Waals surface area contributed by atoms with Crippen LogP contribution in [-0.2, 0) is 4.79 Å². The Hall–Kier alpha value is -0.650. The molecule has 0 aromatic heterocycles. The minimum absolute atomic E-state index is 0.327. The van der Waals surface area contributed by atoms with Gasteiger partial charge in [0.25, 0.3) is 0 Å². The lowest BCUT2D eigenvalue weighted by Gasteiger charge is -2.32. The lowest BCUT2D eigenvalue weighted by molar-refractivity contribution is -0.127. The molecule has 5 nitrogen and oxygen atoms in total. The molecule has 0 rings (SSSR count). The van der Waals surface area contributed by atoms with Crippen LogP contribution in [0.25, 0.3) is 0 Å². The van der Waals surface area contributed by atoms with Crippen molar-refractivity contribution in [2.75, 3.05) is 13.2 Å². The van der Waals surface area contributed by atoms with E-state index in [9.17, 15) is 4.79 Å². The number of rotatable bonds is 4. The maximum Gasteiger partial charge on any atom is 0.238 e. The molecule has 0 spiro atoms. The highest BCUT2D eigenvalue weighted by Crippen LogP contribution is 2.18. The van der Waals surface area contributed by atoms with Gasteiger partial charge in [0.05, 0.1) is 24.8 Å². The van der Waals surface area contributed by atoms with Gasteiger partial charge in [0.1, 0.15) is 0 Å². The van der Waals surface area contributed by atoms with Crippen LogP contribution in [0.1, 0.15) is 27.7 Å². The molecule has 0 aromatic carbocycles. The second kappa shape index (κ2) is 4.92. The molecule has 90 valence electrons. The number of aliphatic hydroxyl groups excluding tert-OH is 2. The summed E-state index contributed by atoms with van der Waals surface area (Å²) in [5, 5.41) is 20.5. The van der Waals surface area contributed by atoms with E-state index in [1.165, 1.54) is 0 Å². The van der Waals surface area contributed by atoms with Crippen LogP contribution in [0, 0.1) is 5.41 Å². The Labute approximate surface area is 90.7 Å². The number of amides is 1. The van der Waals surface area contributed by atoms with Gasteiger partial charge in [-0.1, -0.05) is 20.8 Å². The number of hydrogen-bond donors (Lipinski definition) is 4. The quantitative estimate of drug-likeness (QED) is 0.498. The number of nitrogens with two attached hydrogens (primary N) is 1. The molecule has 0 aliphatic heterocycles. The Morgan fingerprint density at radius 2 is 1.67 bits per heavy atom. The predicted molar refractivity (Wildman–Crippen MR) is 58.1 cm³/mol. The highest BCUT2D eigenvalue weighted by Gasteiger charge is 2.32. The van der Waals surface area contributed by atoms with Crippen LogP contribution < -0.4 is 11.1 Å². The normalized spacial score (nSPS) is 14.9. The summed E-state index contributed by atoms with van der Waals surface area (Å²) in [6, 6.07) is -0.671. The van der Waals surface area contributed by atoms with Crippen molar-refractivity contribution in [1.82, 2.24) is 5.32 Å². The second-order valence-corrected chi connectivity index (χ2v) is 5.21. The Morgan fingerprint density at radius 1 is 1.27 bits per heavy atom. The maximum atomic E-state index is 11.7. The molecule has 0 fully saturated rings. The lowest BCUT2D eigenvalue weighted by atomic mass is 9.86. The first-order chi connectivity index (χ1) is 6.66. The first kappa shape index (κ1) is 14.3. The largest absolute Gasteiger partial charge is 0.394 e. The summed E-state index contributed by atoms with van der Waals surface area (Å²) < 4.78 is 0. The molecule has 1 unspecified atom stereocenters. The zero-order valence-corrected chi connectivity index (χ0v) is 9.87. The smallest absolute Gasteiger partial charge is 0.238 e. The first-order valence-corrected chi connectivity index (χ1v) is 4.95. The summed E-state index contributed by atoms with van der Waals surface area (Å²) >= 11 is 0. The topological polar surface area (TPSA) is 95.6 Å². The summed E-state index contributed by atoms with van der Waals surface area (Å²) in [5.74, 6) is -0.367. The van der Waals surface area contributed by atoms with Crippen molar-refractivity contribution in [3.05, 3.63) is 0 Å². The number of aliphatic hydroxyl groups is 2. The van der Waals surface area contributed by atoms with Gasteiger partial charge in [-0.15, -0.1) is 0 Å². The molecule has 0 saturated heterocycles. The monoisotopic (exact) mass is 218 g/mol. The Kier molecular flexibility index (Phi) is 4.70. The van der Waals surface area contributed by atoms with E-state index in [2.05, 4.69) is 5.32 Å². The molecule has 0 radical (unpaired) electrons. The Bertz CT molecular complexity index is 219. The number of carbonyl (C=O) groups excluding carboxylic acids is 1. The van der Waals surface area contributed by atoms with E-state index < -0.39 is 11.6 Å². The van der Waals surface area contributed by atoms with Crippen LogP contribution in [0.5, 0.6) is 0 Å². The molecule has 0 aliphatic carbocycles. The van der Waals surface area contributed by atoms with E-state index in [0.29, 0.717) is 0 Å². The second-order valence-electron chi connectivity index (χ2n) is 5.21. The lowest BCUT2D eigenvalue weighted by Crippen LogP contribution is -2.58. The molecule has 0 bridgehead atoms. The summed E-state index contributed by atoms with van der Waals surface area (Å²) in [6.45, 7) is 6.46. The van der Waals surface area contributed by atoms with Crippen molar-refractivity contribution in [2.45, 2.75) is 39.3 Å². The summed E-state index contributed by atoms with van der Waals surface area (Å²) in [6.07, 6.45) is 0. The van der Waals surface area contributed by atoms with Gasteiger partial charge in [0.15, 0.2) is 0 Å². The van der Waals surface area contributed by atoms with Gasteiger partial charge in [0.2, 0.25) is 5.91 Å². The summed E-state index contributed by atoms with van der Waals surface area (Å²) in [5.41, 5.74) is 4.37. The average Bonchev–Trinajstić information content (AvgIpc) is 2.15. The predicted octanol–water partition coefficient (Wildman–Crippen LogP) is -0.781. The summed E-state index contributed by atoms with van der Waals surface area (Å²) in [7, 11) is 0. The van der Waals surface area contributed by atoms with Crippen LogP contribution in [0.4, 0.5) is 0 Å². The van der Waals surface area contributed by atoms with E-state index >= 15 is 0 Å². The van der Waals surface area contributed by atoms with Gasteiger partial charge < -0.3 is 21.3 Å². The fourth-order valence-electron chi connectivity index (χ4n) is 0.898. The molecular weight excluding hydrogens is 196 g/mol. The van der Waals surface area contributed by atoms with Gasteiger partial charge in [-0.25, -0.2) is 0 Å². The molecule has 0 saturated carbocycles. The van der Waals surface area contributed by atoms with Crippen molar-refractivity contribution < 1.29 is 15.0 Å². The molecule has 0 heterocycles. The van der Waals surface area contributed by atoms with Gasteiger partial charge in [-0.3, -0.25) is 4.79 Å². The van der Waals surface area contributed by atoms with E-state index in [-0.39, 0.29) is 24.5 Å². The van der Waals surface area contributed by atoms with E-state index in [1.54, 1.807) is 6.92 Å². The molecule has 15 heavy (non-hydrogen) atoms. The fraction of sp³-hybridized carbons (Fsp3) is 0.900. The van der Waals surface area contributed by atoms with Gasteiger partial charge in [0, 0.05) is 0 Å². The highest BCUT2D eigenvalue weighted by molar-refractivity contribution is 5.83. The van der Waals surface area contributed by atoms with Crippen molar-refractivity contribution in [3.63, 3.8) is 0 Å². The van der Waals surface area contributed by atoms with Crippen molar-refractivity contribution in [1.29, 1.82) is 0 Å². The Morgan fingerprint density at radius 3 is 1.93 bits per heavy atom. The van der Waals surface area contributed by atoms with Crippen LogP contribution in [0.3, 0.4) is 0 Å². The Balaban J connectivity index is 4.49. The third-order valence-corrected chi connectivity index (χ3v) is 2.34. The minimum Gasteiger partial charge on any atom is -0.394 e. The zero-order valence-electron chi connectivity index (χ0n) is 9.87. The maximum absolute atomic E-state index is 11.7. The molecule has 1 atom stereocenters. The fourth-order valence-corrected chi connectivity index (χ4v) is 0.898. The number of carbonyl (C=O) groups is 1. The van der Waals surface area contributed by atoms with Crippen LogP contribution in [0.2, 0.25) is 0 Å². The standard InChI is InChI=1S/C10H22N2O3/c1-9(2,3)7(11)8(15)12-10(4,5-13)6-14/h7,13-14H,5-6,11H2,1-4H3,(H,12,15).